The number of aryl methyl sites for hydroxylation is 1. The van der Waals surface area contributed by atoms with Crippen LogP contribution >= 0.6 is 11.6 Å². The molecule has 0 heterocycles. The zero-order chi connectivity index (χ0) is 11.6. The van der Waals surface area contributed by atoms with E-state index in [0.29, 0.717) is 16.5 Å². The van der Waals surface area contributed by atoms with Crippen molar-refractivity contribution in [2.45, 2.75) is 13.8 Å². The Morgan fingerprint density at radius 1 is 1.40 bits per heavy atom. The largest absolute Gasteiger partial charge is 0.494 e. The summed E-state index contributed by atoms with van der Waals surface area (Å²) in [6.45, 7) is 3.75. The van der Waals surface area contributed by atoms with Crippen LogP contribution < -0.4 is 16.2 Å². The van der Waals surface area contributed by atoms with Crippen molar-refractivity contribution >= 4 is 23.2 Å². The highest BCUT2D eigenvalue weighted by Gasteiger charge is 2.11. The Morgan fingerprint density at radius 2 is 2.00 bits per heavy atom. The highest BCUT2D eigenvalue weighted by atomic mass is 35.5. The van der Waals surface area contributed by atoms with Crippen LogP contribution in [0, 0.1) is 13.8 Å². The second kappa shape index (κ2) is 4.40. The summed E-state index contributed by atoms with van der Waals surface area (Å²) in [6.07, 6.45) is 0. The lowest BCUT2D eigenvalue weighted by atomic mass is 10.1. The predicted octanol–water partition coefficient (Wildman–Crippen LogP) is 1.87. The minimum atomic E-state index is -0.0173. The maximum absolute atomic E-state index is 6.09. The molecule has 0 spiro atoms. The van der Waals surface area contributed by atoms with Gasteiger partial charge in [0.25, 0.3) is 0 Å². The second-order valence-electron chi connectivity index (χ2n) is 3.22. The predicted molar refractivity (Wildman–Crippen MR) is 62.9 cm³/mol. The van der Waals surface area contributed by atoms with Crippen LogP contribution in [0.1, 0.15) is 11.1 Å². The monoisotopic (exact) mass is 227 g/mol. The molecule has 0 atom stereocenters. The minimum Gasteiger partial charge on any atom is -0.494 e. The summed E-state index contributed by atoms with van der Waals surface area (Å²) in [5, 5.41) is 0.649. The number of hydrogen-bond donors (Lipinski definition) is 2. The fourth-order valence-corrected chi connectivity index (χ4v) is 1.48. The molecule has 0 aliphatic heterocycles. The van der Waals surface area contributed by atoms with Gasteiger partial charge < -0.3 is 16.2 Å². The number of benzene rings is 1. The molecular formula is C10H14ClN3O. The van der Waals surface area contributed by atoms with Gasteiger partial charge in [0.2, 0.25) is 0 Å². The highest BCUT2D eigenvalue weighted by Crippen LogP contribution is 2.37. The third kappa shape index (κ3) is 2.33. The summed E-state index contributed by atoms with van der Waals surface area (Å²) in [7, 11) is 1.56. The van der Waals surface area contributed by atoms with Crippen LogP contribution in [-0.4, -0.2) is 13.1 Å². The molecule has 0 saturated heterocycles. The van der Waals surface area contributed by atoms with E-state index in [1.807, 2.05) is 13.8 Å². The van der Waals surface area contributed by atoms with Gasteiger partial charge in [-0.05, 0) is 31.0 Å². The lowest BCUT2D eigenvalue weighted by Gasteiger charge is -2.11. The quantitative estimate of drug-likeness (QED) is 0.598. The SMILES string of the molecule is COc1cc(C)c(Cl)c(C)c1N=C(N)N. The molecule has 5 heteroatoms. The number of nitrogens with two attached hydrogens (primary N) is 2. The van der Waals surface area contributed by atoms with Crippen LogP contribution in [0.2, 0.25) is 5.02 Å². The van der Waals surface area contributed by atoms with Gasteiger partial charge in [0.1, 0.15) is 11.4 Å². The summed E-state index contributed by atoms with van der Waals surface area (Å²) in [6, 6.07) is 1.80. The van der Waals surface area contributed by atoms with Gasteiger partial charge in [-0.25, -0.2) is 4.99 Å². The van der Waals surface area contributed by atoms with Crippen molar-refractivity contribution in [1.82, 2.24) is 0 Å². The van der Waals surface area contributed by atoms with Crippen LogP contribution in [0.15, 0.2) is 11.1 Å². The van der Waals surface area contributed by atoms with Crippen molar-refractivity contribution in [2.75, 3.05) is 7.11 Å². The van der Waals surface area contributed by atoms with E-state index in [2.05, 4.69) is 4.99 Å². The van der Waals surface area contributed by atoms with Gasteiger partial charge in [-0.2, -0.15) is 0 Å². The molecule has 0 bridgehead atoms. The first kappa shape index (κ1) is 11.7. The standard InChI is InChI=1S/C10H14ClN3O/c1-5-4-7(15-3)9(14-10(12)13)6(2)8(5)11/h4H,1-3H3,(H4,12,13,14). The van der Waals surface area contributed by atoms with Crippen LogP contribution in [0.4, 0.5) is 5.69 Å². The van der Waals surface area contributed by atoms with Crippen LogP contribution in [0.25, 0.3) is 0 Å². The molecule has 0 radical (unpaired) electrons. The Labute approximate surface area is 93.9 Å². The van der Waals surface area contributed by atoms with Gasteiger partial charge in [0.15, 0.2) is 5.96 Å². The van der Waals surface area contributed by atoms with Gasteiger partial charge in [-0.3, -0.25) is 0 Å². The number of nitrogens with zero attached hydrogens (tertiary/aromatic N) is 1. The number of methoxy groups -OCH3 is 1. The molecule has 1 aromatic rings. The maximum atomic E-state index is 6.09. The molecule has 0 aliphatic rings. The number of aliphatic imine (C=N–C) groups is 1. The van der Waals surface area contributed by atoms with E-state index in [0.717, 1.165) is 11.1 Å². The van der Waals surface area contributed by atoms with Crippen molar-refractivity contribution in [3.8, 4) is 5.75 Å². The van der Waals surface area contributed by atoms with E-state index < -0.39 is 0 Å². The fourth-order valence-electron chi connectivity index (χ4n) is 1.34. The molecule has 1 rings (SSSR count). The average molecular weight is 228 g/mol. The molecule has 0 aromatic heterocycles. The van der Waals surface area contributed by atoms with Crippen LogP contribution in [0.3, 0.4) is 0 Å². The number of halogens is 1. The van der Waals surface area contributed by atoms with E-state index >= 15 is 0 Å². The second-order valence-corrected chi connectivity index (χ2v) is 3.60. The Kier molecular flexibility index (Phi) is 3.42. The smallest absolute Gasteiger partial charge is 0.191 e. The third-order valence-electron chi connectivity index (χ3n) is 2.07. The summed E-state index contributed by atoms with van der Waals surface area (Å²) < 4.78 is 5.19. The first-order valence-electron chi connectivity index (χ1n) is 4.40. The van der Waals surface area contributed by atoms with Crippen molar-refractivity contribution < 1.29 is 4.74 Å². The Hall–Kier alpha value is -1.42. The first-order chi connectivity index (χ1) is 6.97. The fraction of sp³-hybridized carbons (Fsp3) is 0.300. The van der Waals surface area contributed by atoms with Crippen molar-refractivity contribution in [2.24, 2.45) is 16.5 Å². The molecule has 1 aromatic carbocycles. The summed E-state index contributed by atoms with van der Waals surface area (Å²) >= 11 is 6.09. The van der Waals surface area contributed by atoms with E-state index in [1.54, 1.807) is 13.2 Å². The molecule has 15 heavy (non-hydrogen) atoms. The molecule has 0 aliphatic carbocycles. The van der Waals surface area contributed by atoms with Crippen molar-refractivity contribution in [3.63, 3.8) is 0 Å². The van der Waals surface area contributed by atoms with Crippen LogP contribution in [-0.2, 0) is 0 Å². The lowest BCUT2D eigenvalue weighted by molar-refractivity contribution is 0.415. The molecule has 0 saturated carbocycles. The van der Waals surface area contributed by atoms with Crippen molar-refractivity contribution in [1.29, 1.82) is 0 Å². The Bertz CT molecular complexity index is 412. The van der Waals surface area contributed by atoms with E-state index in [9.17, 15) is 0 Å². The molecule has 4 nitrogen and oxygen atoms in total. The topological polar surface area (TPSA) is 73.6 Å². The minimum absolute atomic E-state index is 0.0173. The summed E-state index contributed by atoms with van der Waals surface area (Å²) in [5.74, 6) is 0.596. The third-order valence-corrected chi connectivity index (χ3v) is 2.65. The molecular weight excluding hydrogens is 214 g/mol. The first-order valence-corrected chi connectivity index (χ1v) is 4.78. The molecule has 0 unspecified atom stereocenters. The lowest BCUT2D eigenvalue weighted by Crippen LogP contribution is -2.22. The molecule has 0 fully saturated rings. The van der Waals surface area contributed by atoms with E-state index in [1.165, 1.54) is 0 Å². The number of ether oxygens (including phenoxy) is 1. The molecule has 4 N–H and O–H groups in total. The zero-order valence-corrected chi connectivity index (χ0v) is 9.72. The van der Waals surface area contributed by atoms with Gasteiger partial charge >= 0.3 is 0 Å². The zero-order valence-electron chi connectivity index (χ0n) is 8.97. The van der Waals surface area contributed by atoms with Gasteiger partial charge in [0.05, 0.1) is 7.11 Å². The van der Waals surface area contributed by atoms with Crippen molar-refractivity contribution in [3.05, 3.63) is 22.2 Å². The van der Waals surface area contributed by atoms with Gasteiger partial charge in [0, 0.05) is 5.02 Å². The number of hydrogen-bond acceptors (Lipinski definition) is 2. The summed E-state index contributed by atoms with van der Waals surface area (Å²) in [4.78, 5) is 3.99. The number of guanidine groups is 1. The highest BCUT2D eigenvalue weighted by molar-refractivity contribution is 6.32. The maximum Gasteiger partial charge on any atom is 0.191 e. The Balaban J connectivity index is 3.47. The average Bonchev–Trinajstić information content (AvgIpc) is 2.18. The number of rotatable bonds is 2. The van der Waals surface area contributed by atoms with Gasteiger partial charge in [-0.15, -0.1) is 0 Å². The summed E-state index contributed by atoms with van der Waals surface area (Å²) in [5.41, 5.74) is 13.0. The van der Waals surface area contributed by atoms with Gasteiger partial charge in [-0.1, -0.05) is 11.6 Å². The Morgan fingerprint density at radius 3 is 2.47 bits per heavy atom. The van der Waals surface area contributed by atoms with E-state index in [4.69, 9.17) is 27.8 Å². The normalized spacial score (nSPS) is 9.87. The molecule has 82 valence electrons. The molecule has 0 amide bonds. The van der Waals surface area contributed by atoms with Crippen LogP contribution in [0.5, 0.6) is 5.75 Å². The van der Waals surface area contributed by atoms with E-state index in [-0.39, 0.29) is 5.96 Å².